The zero-order valence-corrected chi connectivity index (χ0v) is 28.8. The Labute approximate surface area is 267 Å². The first-order valence-electron chi connectivity index (χ1n) is 16.7. The summed E-state index contributed by atoms with van der Waals surface area (Å²) >= 11 is 0. The maximum absolute atomic E-state index is 12.0. The molecule has 0 radical (unpaired) electrons. The fourth-order valence-corrected chi connectivity index (χ4v) is 7.94. The van der Waals surface area contributed by atoms with E-state index in [1.807, 2.05) is 63.2 Å². The summed E-state index contributed by atoms with van der Waals surface area (Å²) < 4.78 is 29.4. The highest BCUT2D eigenvalue weighted by Crippen LogP contribution is 2.33. The summed E-state index contributed by atoms with van der Waals surface area (Å²) in [5.41, 5.74) is 3.37. The second-order valence-electron chi connectivity index (χ2n) is 11.0. The Morgan fingerprint density at radius 2 is 1.32 bits per heavy atom. The van der Waals surface area contributed by atoms with Gasteiger partial charge < -0.3 is 27.9 Å². The molecule has 0 atom stereocenters. The quantitative estimate of drug-likeness (QED) is 0.0666. The number of unbranched alkanes of at least 4 members (excludes halogenated alkanes) is 8. The fraction of sp³-hybridized carbons (Fsp3) is 0.583. The second kappa shape index (κ2) is 21.9. The van der Waals surface area contributed by atoms with E-state index < -0.39 is 14.8 Å². The number of aliphatic carboxylic acids is 1. The summed E-state index contributed by atoms with van der Waals surface area (Å²) in [7, 11) is -0.956. The Hall–Kier alpha value is -2.65. The summed E-state index contributed by atoms with van der Waals surface area (Å²) in [6, 6.07) is 14.8. The van der Waals surface area contributed by atoms with Crippen LogP contribution in [0.5, 0.6) is 11.5 Å². The van der Waals surface area contributed by atoms with Crippen LogP contribution in [-0.2, 0) is 18.1 Å². The van der Waals surface area contributed by atoms with Gasteiger partial charge in [0, 0.05) is 31.4 Å². The van der Waals surface area contributed by atoms with Crippen molar-refractivity contribution < 1.29 is 32.7 Å². The van der Waals surface area contributed by atoms with Crippen molar-refractivity contribution in [3.8, 4) is 22.6 Å². The van der Waals surface area contributed by atoms with Crippen LogP contribution in [0.25, 0.3) is 17.2 Å². The molecule has 0 spiro atoms. The van der Waals surface area contributed by atoms with E-state index in [0.29, 0.717) is 38.4 Å². The molecule has 0 saturated heterocycles. The molecule has 44 heavy (non-hydrogen) atoms. The Balaban J connectivity index is 1.93. The number of carboxylic acids is 1. The van der Waals surface area contributed by atoms with E-state index in [1.165, 1.54) is 32.1 Å². The van der Waals surface area contributed by atoms with Gasteiger partial charge in [-0.2, -0.15) is 0 Å². The summed E-state index contributed by atoms with van der Waals surface area (Å²) in [6.07, 6.45) is 13.3. The van der Waals surface area contributed by atoms with Gasteiger partial charge in [0.1, 0.15) is 0 Å². The minimum atomic E-state index is -2.62. The highest BCUT2D eigenvalue weighted by atomic mass is 28.4. The molecule has 2 rings (SSSR count). The number of carboxylic acid groups (broad SMARTS) is 1. The van der Waals surface area contributed by atoms with Crippen LogP contribution >= 0.6 is 0 Å². The van der Waals surface area contributed by atoms with Crippen LogP contribution in [0.3, 0.4) is 0 Å². The van der Waals surface area contributed by atoms with Crippen molar-refractivity contribution in [1.29, 1.82) is 0 Å². The molecule has 0 aliphatic rings. The first-order chi connectivity index (χ1) is 21.4. The average Bonchev–Trinajstić information content (AvgIpc) is 3.02. The van der Waals surface area contributed by atoms with Crippen molar-refractivity contribution in [1.82, 2.24) is 0 Å². The smallest absolute Gasteiger partial charge is 0.493 e. The summed E-state index contributed by atoms with van der Waals surface area (Å²) in [4.78, 5) is 12.0. The Morgan fingerprint density at radius 1 is 0.727 bits per heavy atom. The van der Waals surface area contributed by atoms with Gasteiger partial charge in [0.2, 0.25) is 0 Å². The molecule has 0 aromatic heterocycles. The van der Waals surface area contributed by atoms with Crippen molar-refractivity contribution in [2.24, 2.45) is 0 Å². The lowest BCUT2D eigenvalue weighted by molar-refractivity contribution is -0.132. The second-order valence-corrected chi connectivity index (χ2v) is 13.7. The highest BCUT2D eigenvalue weighted by molar-refractivity contribution is 6.60. The van der Waals surface area contributed by atoms with Gasteiger partial charge in [-0.25, -0.2) is 4.79 Å². The van der Waals surface area contributed by atoms with Crippen LogP contribution in [0.4, 0.5) is 0 Å². The van der Waals surface area contributed by atoms with Crippen molar-refractivity contribution in [2.45, 2.75) is 104 Å². The highest BCUT2D eigenvalue weighted by Gasteiger charge is 2.39. The number of carbonyl (C=O) groups is 1. The predicted octanol–water partition coefficient (Wildman–Crippen LogP) is 9.57. The van der Waals surface area contributed by atoms with E-state index in [-0.39, 0.29) is 0 Å². The van der Waals surface area contributed by atoms with Crippen LogP contribution in [0.2, 0.25) is 6.04 Å². The van der Waals surface area contributed by atoms with E-state index in [9.17, 15) is 9.90 Å². The molecule has 1 N–H and O–H groups in total. The van der Waals surface area contributed by atoms with Crippen LogP contribution in [0, 0.1) is 0 Å². The topological polar surface area (TPSA) is 83.5 Å². The van der Waals surface area contributed by atoms with E-state index in [1.54, 1.807) is 13.2 Å². The molecule has 7 nitrogen and oxygen atoms in total. The zero-order valence-electron chi connectivity index (χ0n) is 27.8. The lowest BCUT2D eigenvalue weighted by Crippen LogP contribution is -2.45. The minimum Gasteiger partial charge on any atom is -0.493 e. The third kappa shape index (κ3) is 13.5. The summed E-state index contributed by atoms with van der Waals surface area (Å²) in [6.45, 7) is 10.5. The molecule has 0 aliphatic carbocycles. The summed E-state index contributed by atoms with van der Waals surface area (Å²) in [5.74, 6) is 0.605. The van der Waals surface area contributed by atoms with Gasteiger partial charge in [0.05, 0.1) is 13.7 Å². The maximum atomic E-state index is 12.0. The van der Waals surface area contributed by atoms with Crippen LogP contribution in [-0.4, -0.2) is 53.4 Å². The Kier molecular flexibility index (Phi) is 18.7. The van der Waals surface area contributed by atoms with E-state index in [0.717, 1.165) is 66.3 Å². The molecule has 0 fully saturated rings. The largest absolute Gasteiger partial charge is 0.500 e. The molecule has 0 bridgehead atoms. The number of hydrogen-bond acceptors (Lipinski definition) is 6. The molecule has 0 unspecified atom stereocenters. The van der Waals surface area contributed by atoms with E-state index >= 15 is 0 Å². The molecule has 0 saturated carbocycles. The third-order valence-corrected chi connectivity index (χ3v) is 10.7. The van der Waals surface area contributed by atoms with Crippen LogP contribution < -0.4 is 9.47 Å². The van der Waals surface area contributed by atoms with E-state index in [2.05, 4.69) is 6.92 Å². The lowest BCUT2D eigenvalue weighted by Gasteiger charge is -2.28. The molecule has 2 aromatic rings. The first kappa shape index (κ1) is 37.5. The molecular formula is C36H56O7Si. The standard InChI is InChI=1S/C36H56O7Si/c1-6-10-11-12-14-17-26-40-35-29-32(24-25-34(35)39-5)31-22-20-30(21-23-31)28-33(36(37)38)19-16-13-15-18-27-44(41-7-2,42-8-3)43-9-4/h20-25,28-29H,6-19,26-27H2,1-5H3,(H,37,38)/b33-28+. The minimum absolute atomic E-state index is 0.425. The van der Waals surface area contributed by atoms with E-state index in [4.69, 9.17) is 22.8 Å². The van der Waals surface area contributed by atoms with Gasteiger partial charge in [-0.3, -0.25) is 0 Å². The molecule has 0 amide bonds. The maximum Gasteiger partial charge on any atom is 0.500 e. The zero-order chi connectivity index (χ0) is 32.0. The van der Waals surface area contributed by atoms with Crippen LogP contribution in [0.15, 0.2) is 48.0 Å². The number of ether oxygens (including phenoxy) is 2. The molecule has 246 valence electrons. The van der Waals surface area contributed by atoms with Gasteiger partial charge >= 0.3 is 14.8 Å². The third-order valence-electron chi connectivity index (χ3n) is 7.55. The lowest BCUT2D eigenvalue weighted by atomic mass is 10.0. The van der Waals surface area contributed by atoms with Gasteiger partial charge in [-0.05, 0) is 81.4 Å². The Bertz CT molecular complexity index is 1080. The number of benzene rings is 2. The van der Waals surface area contributed by atoms with Crippen molar-refractivity contribution >= 4 is 20.8 Å². The monoisotopic (exact) mass is 628 g/mol. The molecular weight excluding hydrogens is 572 g/mol. The van der Waals surface area contributed by atoms with Crippen molar-refractivity contribution in [3.05, 3.63) is 53.6 Å². The normalized spacial score (nSPS) is 12.0. The SMILES string of the molecule is CCCCCCCCOc1cc(-c2ccc(/C=C(\CCCCCC[Si](OCC)(OCC)OCC)C(=O)O)cc2)ccc1OC. The van der Waals surface area contributed by atoms with Crippen molar-refractivity contribution in [2.75, 3.05) is 33.5 Å². The summed E-state index contributed by atoms with van der Waals surface area (Å²) in [5, 5.41) is 9.84. The Morgan fingerprint density at radius 3 is 1.93 bits per heavy atom. The molecule has 2 aromatic carbocycles. The van der Waals surface area contributed by atoms with Gasteiger partial charge in [-0.1, -0.05) is 82.2 Å². The molecule has 0 heterocycles. The predicted molar refractivity (Wildman–Crippen MR) is 181 cm³/mol. The van der Waals surface area contributed by atoms with Gasteiger partial charge in [-0.15, -0.1) is 0 Å². The van der Waals surface area contributed by atoms with Crippen molar-refractivity contribution in [3.63, 3.8) is 0 Å². The first-order valence-corrected chi connectivity index (χ1v) is 18.6. The number of hydrogen-bond donors (Lipinski definition) is 1. The fourth-order valence-electron chi connectivity index (χ4n) is 5.26. The number of rotatable bonds is 25. The van der Waals surface area contributed by atoms with Gasteiger partial charge in [0.25, 0.3) is 0 Å². The molecule has 0 aliphatic heterocycles. The van der Waals surface area contributed by atoms with Crippen LogP contribution in [0.1, 0.15) is 104 Å². The van der Waals surface area contributed by atoms with Gasteiger partial charge in [0.15, 0.2) is 11.5 Å². The average molecular weight is 629 g/mol. The molecule has 8 heteroatoms. The number of methoxy groups -OCH3 is 1.